The maximum atomic E-state index is 13.6. The van der Waals surface area contributed by atoms with Crippen LogP contribution in [0.4, 0.5) is 10.1 Å². The average Bonchev–Trinajstić information content (AvgIpc) is 2.36. The third-order valence-electron chi connectivity index (χ3n) is 2.96. The van der Waals surface area contributed by atoms with E-state index in [4.69, 9.17) is 11.6 Å². The van der Waals surface area contributed by atoms with Crippen LogP contribution in [0.5, 0.6) is 0 Å². The molecule has 0 heterocycles. The van der Waals surface area contributed by atoms with Crippen LogP contribution in [-0.4, -0.2) is 8.42 Å². The SMILES string of the molecule is Cc1ccc(S(=O)(=O)Nc2ccc(Cl)cc2F)cc1C. The lowest BCUT2D eigenvalue weighted by Crippen LogP contribution is -2.14. The first-order valence-electron chi connectivity index (χ1n) is 5.85. The Balaban J connectivity index is 2.38. The van der Waals surface area contributed by atoms with Crippen molar-refractivity contribution in [3.05, 3.63) is 58.4 Å². The van der Waals surface area contributed by atoms with Crippen molar-refractivity contribution >= 4 is 27.3 Å². The van der Waals surface area contributed by atoms with Crippen LogP contribution < -0.4 is 4.72 Å². The molecule has 0 saturated carbocycles. The maximum absolute atomic E-state index is 13.6. The fourth-order valence-corrected chi connectivity index (χ4v) is 2.97. The van der Waals surface area contributed by atoms with E-state index in [1.807, 2.05) is 13.8 Å². The smallest absolute Gasteiger partial charge is 0.261 e. The fraction of sp³-hybridized carbons (Fsp3) is 0.143. The van der Waals surface area contributed by atoms with Crippen molar-refractivity contribution in [1.82, 2.24) is 0 Å². The molecule has 0 spiro atoms. The van der Waals surface area contributed by atoms with E-state index in [2.05, 4.69) is 4.72 Å². The average molecular weight is 314 g/mol. The van der Waals surface area contributed by atoms with E-state index >= 15 is 0 Å². The minimum atomic E-state index is -3.82. The summed E-state index contributed by atoms with van der Waals surface area (Å²) in [4.78, 5) is 0.0925. The quantitative estimate of drug-likeness (QED) is 0.934. The number of anilines is 1. The van der Waals surface area contributed by atoms with Gasteiger partial charge in [-0.1, -0.05) is 17.7 Å². The zero-order valence-corrected chi connectivity index (χ0v) is 12.5. The van der Waals surface area contributed by atoms with Gasteiger partial charge in [0.05, 0.1) is 10.6 Å². The number of hydrogen-bond donors (Lipinski definition) is 1. The third kappa shape index (κ3) is 3.11. The van der Waals surface area contributed by atoms with Crippen LogP contribution in [0.25, 0.3) is 0 Å². The largest absolute Gasteiger partial charge is 0.277 e. The Labute approximate surface area is 122 Å². The molecule has 0 radical (unpaired) electrons. The number of sulfonamides is 1. The molecule has 0 atom stereocenters. The number of hydrogen-bond acceptors (Lipinski definition) is 2. The lowest BCUT2D eigenvalue weighted by molar-refractivity contribution is 0.598. The van der Waals surface area contributed by atoms with Crippen LogP contribution in [0.15, 0.2) is 41.3 Å². The Morgan fingerprint density at radius 3 is 2.35 bits per heavy atom. The number of rotatable bonds is 3. The van der Waals surface area contributed by atoms with Gasteiger partial charge in [0.25, 0.3) is 10.0 Å². The van der Waals surface area contributed by atoms with Gasteiger partial charge in [-0.05, 0) is 55.3 Å². The van der Waals surface area contributed by atoms with Gasteiger partial charge in [-0.25, -0.2) is 12.8 Å². The predicted octanol–water partition coefficient (Wildman–Crippen LogP) is 3.90. The monoisotopic (exact) mass is 313 g/mol. The lowest BCUT2D eigenvalue weighted by atomic mass is 10.1. The van der Waals surface area contributed by atoms with E-state index < -0.39 is 15.8 Å². The lowest BCUT2D eigenvalue weighted by Gasteiger charge is -2.10. The van der Waals surface area contributed by atoms with Gasteiger partial charge in [-0.3, -0.25) is 4.72 Å². The Bertz CT molecular complexity index is 760. The minimum absolute atomic E-state index is 0.0925. The molecular weight excluding hydrogens is 301 g/mol. The van der Waals surface area contributed by atoms with Crippen molar-refractivity contribution in [3.63, 3.8) is 0 Å². The molecule has 2 aromatic carbocycles. The standard InChI is InChI=1S/C14H13ClFNO2S/c1-9-3-5-12(7-10(9)2)20(18,19)17-14-6-4-11(15)8-13(14)16/h3-8,17H,1-2H3. The van der Waals surface area contributed by atoms with Crippen LogP contribution in [0.1, 0.15) is 11.1 Å². The van der Waals surface area contributed by atoms with Crippen molar-refractivity contribution in [2.45, 2.75) is 18.7 Å². The topological polar surface area (TPSA) is 46.2 Å². The Hall–Kier alpha value is -1.59. The molecular formula is C14H13ClFNO2S. The second-order valence-corrected chi connectivity index (χ2v) is 6.59. The normalized spacial score (nSPS) is 11.4. The molecule has 0 amide bonds. The van der Waals surface area contributed by atoms with Gasteiger partial charge in [0, 0.05) is 5.02 Å². The van der Waals surface area contributed by atoms with Gasteiger partial charge in [-0.15, -0.1) is 0 Å². The van der Waals surface area contributed by atoms with Crippen molar-refractivity contribution < 1.29 is 12.8 Å². The summed E-state index contributed by atoms with van der Waals surface area (Å²) in [5.74, 6) is -0.718. The Morgan fingerprint density at radius 2 is 1.75 bits per heavy atom. The highest BCUT2D eigenvalue weighted by atomic mass is 35.5. The minimum Gasteiger partial charge on any atom is -0.277 e. The molecule has 0 bridgehead atoms. The zero-order valence-electron chi connectivity index (χ0n) is 10.9. The van der Waals surface area contributed by atoms with Crippen LogP contribution >= 0.6 is 11.6 Å². The summed E-state index contributed by atoms with van der Waals surface area (Å²) in [6.07, 6.45) is 0. The molecule has 6 heteroatoms. The van der Waals surface area contributed by atoms with E-state index in [1.165, 1.54) is 18.2 Å². The summed E-state index contributed by atoms with van der Waals surface area (Å²) in [5, 5.41) is 0.205. The second kappa shape index (κ2) is 5.42. The molecule has 0 aliphatic heterocycles. The Morgan fingerprint density at radius 1 is 1.05 bits per heavy atom. The van der Waals surface area contributed by atoms with Crippen LogP contribution in [0, 0.1) is 19.7 Å². The zero-order chi connectivity index (χ0) is 14.9. The summed E-state index contributed by atoms with van der Waals surface area (Å²) in [6.45, 7) is 3.70. The molecule has 3 nitrogen and oxygen atoms in total. The first-order chi connectivity index (χ1) is 9.29. The molecule has 2 rings (SSSR count). The fourth-order valence-electron chi connectivity index (χ4n) is 1.66. The van der Waals surface area contributed by atoms with Crippen molar-refractivity contribution in [1.29, 1.82) is 0 Å². The molecule has 106 valence electrons. The number of benzene rings is 2. The molecule has 0 fully saturated rings. The van der Waals surface area contributed by atoms with E-state index in [1.54, 1.807) is 12.1 Å². The number of aryl methyl sites for hydroxylation is 2. The number of nitrogens with one attached hydrogen (secondary N) is 1. The van der Waals surface area contributed by atoms with Gasteiger partial charge in [0.1, 0.15) is 5.82 Å². The number of halogens is 2. The van der Waals surface area contributed by atoms with Gasteiger partial charge in [0.15, 0.2) is 0 Å². The summed E-state index contributed by atoms with van der Waals surface area (Å²) in [6, 6.07) is 8.50. The van der Waals surface area contributed by atoms with Gasteiger partial charge in [0.2, 0.25) is 0 Å². The predicted molar refractivity (Wildman–Crippen MR) is 78.1 cm³/mol. The Kier molecular flexibility index (Phi) is 4.01. The van der Waals surface area contributed by atoms with Gasteiger partial charge in [-0.2, -0.15) is 0 Å². The van der Waals surface area contributed by atoms with Crippen LogP contribution in [-0.2, 0) is 10.0 Å². The molecule has 0 aliphatic rings. The summed E-state index contributed by atoms with van der Waals surface area (Å²) < 4.78 is 40.2. The maximum Gasteiger partial charge on any atom is 0.261 e. The molecule has 2 aromatic rings. The first-order valence-corrected chi connectivity index (χ1v) is 7.71. The van der Waals surface area contributed by atoms with Crippen LogP contribution in [0.2, 0.25) is 5.02 Å². The van der Waals surface area contributed by atoms with Crippen molar-refractivity contribution in [2.75, 3.05) is 4.72 Å². The highest BCUT2D eigenvalue weighted by Gasteiger charge is 2.16. The molecule has 0 aromatic heterocycles. The molecule has 1 N–H and O–H groups in total. The summed E-state index contributed by atoms with van der Waals surface area (Å²) in [5.41, 5.74) is 1.71. The summed E-state index contributed by atoms with van der Waals surface area (Å²) >= 11 is 5.63. The highest BCUT2D eigenvalue weighted by Crippen LogP contribution is 2.23. The molecule has 0 aliphatic carbocycles. The first kappa shape index (κ1) is 14.8. The molecule has 0 saturated heterocycles. The van der Waals surface area contributed by atoms with E-state index in [0.29, 0.717) is 0 Å². The van der Waals surface area contributed by atoms with E-state index in [9.17, 15) is 12.8 Å². The van der Waals surface area contributed by atoms with Crippen LogP contribution in [0.3, 0.4) is 0 Å². The van der Waals surface area contributed by atoms with Gasteiger partial charge >= 0.3 is 0 Å². The molecule has 0 unspecified atom stereocenters. The second-order valence-electron chi connectivity index (χ2n) is 4.48. The third-order valence-corrected chi connectivity index (χ3v) is 4.56. The van der Waals surface area contributed by atoms with Crippen molar-refractivity contribution in [2.24, 2.45) is 0 Å². The molecule has 20 heavy (non-hydrogen) atoms. The van der Waals surface area contributed by atoms with Gasteiger partial charge < -0.3 is 0 Å². The highest BCUT2D eigenvalue weighted by molar-refractivity contribution is 7.92. The van der Waals surface area contributed by atoms with E-state index in [-0.39, 0.29) is 15.6 Å². The van der Waals surface area contributed by atoms with E-state index in [0.717, 1.165) is 17.2 Å². The summed E-state index contributed by atoms with van der Waals surface area (Å²) in [7, 11) is -3.82. The van der Waals surface area contributed by atoms with Crippen molar-refractivity contribution in [3.8, 4) is 0 Å².